The summed E-state index contributed by atoms with van der Waals surface area (Å²) in [4.78, 5) is 28.0. The minimum atomic E-state index is -0.235. The Balaban J connectivity index is 2.24. The highest BCUT2D eigenvalue weighted by Crippen LogP contribution is 2.28. The fourth-order valence-electron chi connectivity index (χ4n) is 2.86. The van der Waals surface area contributed by atoms with Crippen LogP contribution in [0.15, 0.2) is 18.2 Å². The van der Waals surface area contributed by atoms with Gasteiger partial charge < -0.3 is 25.6 Å². The highest BCUT2D eigenvalue weighted by atomic mass is 16.5. The van der Waals surface area contributed by atoms with E-state index in [1.807, 2.05) is 20.8 Å². The second-order valence-electron chi connectivity index (χ2n) is 7.06. The Bertz CT molecular complexity index is 647. The summed E-state index contributed by atoms with van der Waals surface area (Å²) in [6.45, 7) is 6.82. The second kappa shape index (κ2) is 7.63. The van der Waals surface area contributed by atoms with E-state index in [0.717, 1.165) is 0 Å². The van der Waals surface area contributed by atoms with Gasteiger partial charge in [0.05, 0.1) is 12.1 Å². The van der Waals surface area contributed by atoms with Crippen LogP contribution in [0.2, 0.25) is 0 Å². The highest BCUT2D eigenvalue weighted by Gasteiger charge is 2.30. The fourth-order valence-corrected chi connectivity index (χ4v) is 2.86. The predicted octanol–water partition coefficient (Wildman–Crippen LogP) is 1.79. The monoisotopic (exact) mass is 348 g/mol. The van der Waals surface area contributed by atoms with Gasteiger partial charge in [0.1, 0.15) is 11.9 Å². The van der Waals surface area contributed by atoms with E-state index < -0.39 is 0 Å². The lowest BCUT2D eigenvalue weighted by atomic mass is 10.0. The molecule has 1 aromatic carbocycles. The quantitative estimate of drug-likeness (QED) is 0.815. The van der Waals surface area contributed by atoms with Crippen LogP contribution in [0.5, 0.6) is 5.75 Å². The highest BCUT2D eigenvalue weighted by molar-refractivity contribution is 5.97. The third-order valence-electron chi connectivity index (χ3n) is 4.27. The van der Waals surface area contributed by atoms with Crippen molar-refractivity contribution in [2.45, 2.75) is 32.9 Å². The Morgan fingerprint density at radius 1 is 1.48 bits per heavy atom. The Hall–Kier alpha value is -2.44. The first-order chi connectivity index (χ1) is 11.7. The largest absolute Gasteiger partial charge is 0.487 e. The van der Waals surface area contributed by atoms with Crippen molar-refractivity contribution >= 4 is 17.6 Å². The van der Waals surface area contributed by atoms with Gasteiger partial charge in [0.2, 0.25) is 0 Å². The van der Waals surface area contributed by atoms with Gasteiger partial charge in [-0.15, -0.1) is 0 Å². The Kier molecular flexibility index (Phi) is 5.77. The minimum absolute atomic E-state index is 0.0638. The summed E-state index contributed by atoms with van der Waals surface area (Å²) in [5.74, 6) is 0.452. The first-order valence-corrected chi connectivity index (χ1v) is 8.52. The molecule has 0 bridgehead atoms. The van der Waals surface area contributed by atoms with Crippen molar-refractivity contribution in [3.63, 3.8) is 0 Å². The van der Waals surface area contributed by atoms with Gasteiger partial charge in [-0.3, -0.25) is 4.79 Å². The SMILES string of the molecule is CC(C)NC(=O)N(C)C[C@@H]1Oc2ccc(N)cc2C(=O)N(C)C[C@@H]1C. The second-order valence-corrected chi connectivity index (χ2v) is 7.06. The summed E-state index contributed by atoms with van der Waals surface area (Å²) in [6.07, 6.45) is -0.235. The van der Waals surface area contributed by atoms with Crippen LogP contribution in [0.3, 0.4) is 0 Å². The molecule has 0 saturated carbocycles. The van der Waals surface area contributed by atoms with Crippen molar-refractivity contribution in [2.24, 2.45) is 5.92 Å². The van der Waals surface area contributed by atoms with Crippen LogP contribution >= 0.6 is 0 Å². The number of nitrogen functional groups attached to an aromatic ring is 1. The van der Waals surface area contributed by atoms with Gasteiger partial charge in [-0.2, -0.15) is 0 Å². The van der Waals surface area contributed by atoms with Crippen molar-refractivity contribution in [3.05, 3.63) is 23.8 Å². The topological polar surface area (TPSA) is 87.9 Å². The number of hydrogen-bond donors (Lipinski definition) is 2. The molecule has 0 aromatic heterocycles. The molecule has 0 radical (unpaired) electrons. The number of likely N-dealkylation sites (N-methyl/N-ethyl adjacent to an activating group) is 1. The smallest absolute Gasteiger partial charge is 0.317 e. The summed E-state index contributed by atoms with van der Waals surface area (Å²) < 4.78 is 6.12. The molecule has 138 valence electrons. The van der Waals surface area contributed by atoms with Crippen LogP contribution in [0, 0.1) is 5.92 Å². The van der Waals surface area contributed by atoms with E-state index in [9.17, 15) is 9.59 Å². The first kappa shape index (κ1) is 18.9. The van der Waals surface area contributed by atoms with Gasteiger partial charge in [0.15, 0.2) is 0 Å². The maximum atomic E-state index is 12.6. The van der Waals surface area contributed by atoms with Gasteiger partial charge in [0, 0.05) is 38.3 Å². The van der Waals surface area contributed by atoms with Gasteiger partial charge >= 0.3 is 6.03 Å². The molecule has 2 rings (SSSR count). The number of ether oxygens (including phenoxy) is 1. The van der Waals surface area contributed by atoms with Crippen LogP contribution in [0.1, 0.15) is 31.1 Å². The number of rotatable bonds is 3. The maximum Gasteiger partial charge on any atom is 0.317 e. The number of carbonyl (C=O) groups is 2. The van der Waals surface area contributed by atoms with Crippen molar-refractivity contribution in [2.75, 3.05) is 32.9 Å². The van der Waals surface area contributed by atoms with Gasteiger partial charge in [-0.05, 0) is 32.0 Å². The number of nitrogens with two attached hydrogens (primary N) is 1. The number of nitrogens with one attached hydrogen (secondary N) is 1. The summed E-state index contributed by atoms with van der Waals surface area (Å²) >= 11 is 0. The molecular formula is C18H28N4O3. The molecule has 7 nitrogen and oxygen atoms in total. The zero-order valence-electron chi connectivity index (χ0n) is 15.6. The molecule has 2 atom stereocenters. The third-order valence-corrected chi connectivity index (χ3v) is 4.27. The van der Waals surface area contributed by atoms with E-state index in [2.05, 4.69) is 5.32 Å². The Morgan fingerprint density at radius 2 is 2.16 bits per heavy atom. The Morgan fingerprint density at radius 3 is 2.80 bits per heavy atom. The molecule has 1 heterocycles. The molecule has 0 aliphatic carbocycles. The van der Waals surface area contributed by atoms with Crippen LogP contribution in [-0.2, 0) is 0 Å². The molecule has 0 fully saturated rings. The zero-order valence-corrected chi connectivity index (χ0v) is 15.6. The van der Waals surface area contributed by atoms with E-state index in [1.165, 1.54) is 0 Å². The molecule has 7 heteroatoms. The fraction of sp³-hybridized carbons (Fsp3) is 0.556. The number of nitrogens with zero attached hydrogens (tertiary/aromatic N) is 2. The molecule has 1 aliphatic heterocycles. The van der Waals surface area contributed by atoms with Crippen molar-refractivity contribution in [1.82, 2.24) is 15.1 Å². The lowest BCUT2D eigenvalue weighted by molar-refractivity contribution is 0.0577. The van der Waals surface area contributed by atoms with E-state index in [0.29, 0.717) is 30.1 Å². The zero-order chi connectivity index (χ0) is 18.7. The number of fused-ring (bicyclic) bond motifs is 1. The third kappa shape index (κ3) is 4.55. The number of hydrogen-bond acceptors (Lipinski definition) is 4. The van der Waals surface area contributed by atoms with Crippen molar-refractivity contribution < 1.29 is 14.3 Å². The average molecular weight is 348 g/mol. The lowest BCUT2D eigenvalue weighted by Crippen LogP contribution is -2.49. The summed E-state index contributed by atoms with van der Waals surface area (Å²) in [6, 6.07) is 4.99. The molecule has 0 spiro atoms. The molecular weight excluding hydrogens is 320 g/mol. The van der Waals surface area contributed by atoms with Crippen molar-refractivity contribution in [1.29, 1.82) is 0 Å². The Labute approximate surface area is 149 Å². The number of anilines is 1. The minimum Gasteiger partial charge on any atom is -0.487 e. The standard InChI is InChI=1S/C18H28N4O3/c1-11(2)20-18(24)22(5)10-16-12(3)9-21(4)17(23)14-8-13(19)6-7-15(14)25-16/h6-8,11-12,16H,9-10,19H2,1-5H3,(H,20,24)/t12-,16-/m0/s1. The number of benzene rings is 1. The summed E-state index contributed by atoms with van der Waals surface area (Å²) in [7, 11) is 3.51. The first-order valence-electron chi connectivity index (χ1n) is 8.52. The van der Waals surface area contributed by atoms with Gasteiger partial charge in [0.25, 0.3) is 5.91 Å². The van der Waals surface area contributed by atoms with Crippen LogP contribution < -0.4 is 15.8 Å². The number of amides is 3. The van der Waals surface area contributed by atoms with Gasteiger partial charge in [-0.25, -0.2) is 4.79 Å². The summed E-state index contributed by atoms with van der Waals surface area (Å²) in [5.41, 5.74) is 6.79. The van der Waals surface area contributed by atoms with E-state index in [-0.39, 0.29) is 30.0 Å². The number of urea groups is 1. The molecule has 3 N–H and O–H groups in total. The van der Waals surface area contributed by atoms with Crippen LogP contribution in [0.4, 0.5) is 10.5 Å². The molecule has 0 unspecified atom stereocenters. The average Bonchev–Trinajstić information content (AvgIpc) is 2.53. The molecule has 1 aliphatic rings. The molecule has 1 aromatic rings. The van der Waals surface area contributed by atoms with Crippen LogP contribution in [-0.4, -0.2) is 61.1 Å². The normalized spacial score (nSPS) is 20.4. The van der Waals surface area contributed by atoms with E-state index in [4.69, 9.17) is 10.5 Å². The van der Waals surface area contributed by atoms with Crippen molar-refractivity contribution in [3.8, 4) is 5.75 Å². The molecule has 25 heavy (non-hydrogen) atoms. The van der Waals surface area contributed by atoms with Crippen LogP contribution in [0.25, 0.3) is 0 Å². The van der Waals surface area contributed by atoms with Gasteiger partial charge in [-0.1, -0.05) is 6.92 Å². The number of carbonyl (C=O) groups excluding carboxylic acids is 2. The maximum absolute atomic E-state index is 12.6. The molecule has 0 saturated heterocycles. The predicted molar refractivity (Wildman–Crippen MR) is 97.7 cm³/mol. The summed E-state index contributed by atoms with van der Waals surface area (Å²) in [5, 5.41) is 2.87. The molecule has 3 amide bonds. The lowest BCUT2D eigenvalue weighted by Gasteiger charge is -2.35. The van der Waals surface area contributed by atoms with E-state index >= 15 is 0 Å². The van der Waals surface area contributed by atoms with E-state index in [1.54, 1.807) is 42.1 Å².